The lowest BCUT2D eigenvalue weighted by atomic mass is 10.2. The number of hydrogen-bond acceptors (Lipinski definition) is 2. The minimum atomic E-state index is -0.247. The van der Waals surface area contributed by atoms with Gasteiger partial charge in [-0.3, -0.25) is 0 Å². The van der Waals surface area contributed by atoms with Gasteiger partial charge in [-0.15, -0.1) is 0 Å². The van der Waals surface area contributed by atoms with Crippen LogP contribution in [0.25, 0.3) is 0 Å². The van der Waals surface area contributed by atoms with E-state index in [1.54, 1.807) is 12.1 Å². The Morgan fingerprint density at radius 3 is 2.12 bits per heavy atom. The number of hydrogen-bond donors (Lipinski definition) is 1. The first-order valence-electron chi connectivity index (χ1n) is 7.86. The predicted molar refractivity (Wildman–Crippen MR) is 111 cm³/mol. The van der Waals surface area contributed by atoms with Gasteiger partial charge in [0.15, 0.2) is 0 Å². The van der Waals surface area contributed by atoms with Gasteiger partial charge >= 0.3 is 0 Å². The van der Waals surface area contributed by atoms with Gasteiger partial charge in [0, 0.05) is 17.3 Å². The minimum Gasteiger partial charge on any atom is -0.487 e. The van der Waals surface area contributed by atoms with Crippen LogP contribution < -0.4 is 10.1 Å². The number of rotatable bonds is 6. The molecule has 0 unspecified atom stereocenters. The number of anilines is 1. The first-order chi connectivity index (χ1) is 12.5. The molecule has 0 heterocycles. The molecule has 0 spiro atoms. The first kappa shape index (κ1) is 19.2. The molecular formula is C20H15Br2ClFNO. The molecule has 0 aromatic heterocycles. The fourth-order valence-corrected chi connectivity index (χ4v) is 4.00. The molecule has 3 rings (SSSR count). The van der Waals surface area contributed by atoms with Crippen molar-refractivity contribution in [3.05, 3.63) is 91.6 Å². The highest BCUT2D eigenvalue weighted by Gasteiger charge is 2.10. The maximum atomic E-state index is 13.0. The molecule has 0 bridgehead atoms. The lowest BCUT2D eigenvalue weighted by Crippen LogP contribution is -2.01. The molecule has 134 valence electrons. The summed E-state index contributed by atoms with van der Waals surface area (Å²) in [6.45, 7) is 1.06. The molecule has 3 aromatic rings. The van der Waals surface area contributed by atoms with Crippen molar-refractivity contribution in [2.45, 2.75) is 13.2 Å². The molecule has 0 aliphatic rings. The molecule has 0 fully saturated rings. The molecule has 3 aromatic carbocycles. The molecule has 0 amide bonds. The second-order valence-electron chi connectivity index (χ2n) is 5.66. The van der Waals surface area contributed by atoms with Crippen LogP contribution in [0.2, 0.25) is 5.02 Å². The molecule has 0 saturated carbocycles. The van der Waals surface area contributed by atoms with E-state index in [1.165, 1.54) is 12.1 Å². The Labute approximate surface area is 173 Å². The van der Waals surface area contributed by atoms with Crippen LogP contribution in [0.1, 0.15) is 11.1 Å². The molecule has 2 nitrogen and oxygen atoms in total. The molecular weight excluding hydrogens is 484 g/mol. The van der Waals surface area contributed by atoms with Crippen LogP contribution in [0.15, 0.2) is 69.6 Å². The highest BCUT2D eigenvalue weighted by atomic mass is 79.9. The Morgan fingerprint density at radius 1 is 0.885 bits per heavy atom. The van der Waals surface area contributed by atoms with E-state index in [0.717, 1.165) is 31.5 Å². The fourth-order valence-electron chi connectivity index (χ4n) is 2.36. The van der Waals surface area contributed by atoms with Crippen molar-refractivity contribution in [2.75, 3.05) is 5.32 Å². The van der Waals surface area contributed by atoms with Crippen LogP contribution in [0, 0.1) is 5.82 Å². The third-order valence-corrected chi connectivity index (χ3v) is 5.13. The summed E-state index contributed by atoms with van der Waals surface area (Å²) >= 11 is 13.0. The maximum Gasteiger partial charge on any atom is 0.148 e. The average molecular weight is 500 g/mol. The number of benzene rings is 3. The zero-order chi connectivity index (χ0) is 18.5. The monoisotopic (exact) mass is 497 g/mol. The second-order valence-corrected chi connectivity index (χ2v) is 7.81. The van der Waals surface area contributed by atoms with Crippen molar-refractivity contribution in [3.63, 3.8) is 0 Å². The van der Waals surface area contributed by atoms with E-state index in [1.807, 2.05) is 36.4 Å². The molecule has 1 N–H and O–H groups in total. The average Bonchev–Trinajstić information content (AvgIpc) is 2.62. The highest BCUT2D eigenvalue weighted by Crippen LogP contribution is 2.35. The molecule has 0 saturated heterocycles. The van der Waals surface area contributed by atoms with Crippen LogP contribution in [-0.2, 0) is 13.2 Å². The molecule has 6 heteroatoms. The first-order valence-corrected chi connectivity index (χ1v) is 9.82. The van der Waals surface area contributed by atoms with Gasteiger partial charge in [0.05, 0.1) is 8.95 Å². The summed E-state index contributed by atoms with van der Waals surface area (Å²) in [6.07, 6.45) is 0. The smallest absolute Gasteiger partial charge is 0.148 e. The molecule has 0 atom stereocenters. The second kappa shape index (κ2) is 8.89. The van der Waals surface area contributed by atoms with Crippen LogP contribution in [0.4, 0.5) is 10.1 Å². The lowest BCUT2D eigenvalue weighted by Gasteiger charge is -2.13. The summed E-state index contributed by atoms with van der Waals surface area (Å²) in [5.74, 6) is 0.494. The summed E-state index contributed by atoms with van der Waals surface area (Å²) < 4.78 is 20.6. The Bertz CT molecular complexity index is 862. The standard InChI is InChI=1S/C20H15Br2ClFNO/c21-18-9-14(11-25-17-7-5-16(24)6-8-17)10-19(22)20(18)26-12-13-1-3-15(23)4-2-13/h1-10,25H,11-12H2. The van der Waals surface area contributed by atoms with E-state index in [-0.39, 0.29) is 5.82 Å². The summed E-state index contributed by atoms with van der Waals surface area (Å²) in [6, 6.07) is 17.8. The molecule has 26 heavy (non-hydrogen) atoms. The van der Waals surface area contributed by atoms with Crippen molar-refractivity contribution in [2.24, 2.45) is 0 Å². The Hall–Kier alpha value is -1.56. The summed E-state index contributed by atoms with van der Waals surface area (Å²) in [5.41, 5.74) is 2.96. The number of nitrogens with one attached hydrogen (secondary N) is 1. The fraction of sp³-hybridized carbons (Fsp3) is 0.100. The topological polar surface area (TPSA) is 21.3 Å². The minimum absolute atomic E-state index is 0.247. The van der Waals surface area contributed by atoms with Crippen molar-refractivity contribution in [1.82, 2.24) is 0 Å². The van der Waals surface area contributed by atoms with Crippen molar-refractivity contribution >= 4 is 49.1 Å². The Balaban J connectivity index is 1.65. The number of halogens is 4. The van der Waals surface area contributed by atoms with Gasteiger partial charge in [-0.1, -0.05) is 23.7 Å². The predicted octanol–water partition coefficient (Wildman–Crippen LogP) is 7.20. The SMILES string of the molecule is Fc1ccc(NCc2cc(Br)c(OCc3ccc(Cl)cc3)c(Br)c2)cc1. The number of ether oxygens (including phenoxy) is 1. The Kier molecular flexibility index (Phi) is 6.57. The van der Waals surface area contributed by atoms with Crippen molar-refractivity contribution in [3.8, 4) is 5.75 Å². The quantitative estimate of drug-likeness (QED) is 0.387. The van der Waals surface area contributed by atoms with Gasteiger partial charge < -0.3 is 10.1 Å². The van der Waals surface area contributed by atoms with E-state index in [4.69, 9.17) is 16.3 Å². The maximum absolute atomic E-state index is 13.0. The van der Waals surface area contributed by atoms with Gasteiger partial charge in [0.2, 0.25) is 0 Å². The zero-order valence-corrected chi connectivity index (χ0v) is 17.5. The lowest BCUT2D eigenvalue weighted by molar-refractivity contribution is 0.302. The highest BCUT2D eigenvalue weighted by molar-refractivity contribution is 9.11. The molecule has 0 radical (unpaired) electrons. The third kappa shape index (κ3) is 5.22. The summed E-state index contributed by atoms with van der Waals surface area (Å²) in [5, 5.41) is 3.97. The summed E-state index contributed by atoms with van der Waals surface area (Å²) in [4.78, 5) is 0. The van der Waals surface area contributed by atoms with Crippen molar-refractivity contribution in [1.29, 1.82) is 0 Å². The summed E-state index contributed by atoms with van der Waals surface area (Å²) in [7, 11) is 0. The van der Waals surface area contributed by atoms with Crippen LogP contribution in [0.5, 0.6) is 5.75 Å². The van der Waals surface area contributed by atoms with Crippen molar-refractivity contribution < 1.29 is 9.13 Å². The molecule has 0 aliphatic heterocycles. The largest absolute Gasteiger partial charge is 0.487 e. The Morgan fingerprint density at radius 2 is 1.50 bits per heavy atom. The van der Waals surface area contributed by atoms with Gasteiger partial charge in [0.1, 0.15) is 18.2 Å². The van der Waals surface area contributed by atoms with Crippen LogP contribution in [-0.4, -0.2) is 0 Å². The van der Waals surface area contributed by atoms with E-state index >= 15 is 0 Å². The normalized spacial score (nSPS) is 10.6. The van der Waals surface area contributed by atoms with Gasteiger partial charge in [-0.2, -0.15) is 0 Å². The third-order valence-electron chi connectivity index (χ3n) is 3.70. The van der Waals surface area contributed by atoms with E-state index < -0.39 is 0 Å². The van der Waals surface area contributed by atoms with Gasteiger partial charge in [-0.05, 0) is 91.5 Å². The van der Waals surface area contributed by atoms with E-state index in [9.17, 15) is 4.39 Å². The van der Waals surface area contributed by atoms with Gasteiger partial charge in [-0.25, -0.2) is 4.39 Å². The van der Waals surface area contributed by atoms with Crippen LogP contribution in [0.3, 0.4) is 0 Å². The van der Waals surface area contributed by atoms with E-state index in [2.05, 4.69) is 37.2 Å². The van der Waals surface area contributed by atoms with Gasteiger partial charge in [0.25, 0.3) is 0 Å². The van der Waals surface area contributed by atoms with Crippen LogP contribution >= 0.6 is 43.5 Å². The zero-order valence-electron chi connectivity index (χ0n) is 13.6. The van der Waals surface area contributed by atoms with E-state index in [0.29, 0.717) is 18.2 Å². The molecule has 0 aliphatic carbocycles.